The van der Waals surface area contributed by atoms with Gasteiger partial charge in [0.05, 0.1) is 0 Å². The molecule has 69 valence electrons. The fraction of sp³-hybridized carbons (Fsp3) is 0.300. The van der Waals surface area contributed by atoms with Crippen molar-refractivity contribution >= 4 is 0 Å². The summed E-state index contributed by atoms with van der Waals surface area (Å²) in [5.74, 6) is -0.0701. The van der Waals surface area contributed by atoms with E-state index < -0.39 is 11.6 Å². The van der Waals surface area contributed by atoms with Crippen LogP contribution in [-0.2, 0) is 0 Å². The van der Waals surface area contributed by atoms with Crippen LogP contribution in [0.5, 0.6) is 0 Å². The van der Waals surface area contributed by atoms with E-state index in [0.29, 0.717) is 5.56 Å². The first-order valence-corrected chi connectivity index (χ1v) is 4.13. The lowest BCUT2D eigenvalue weighted by molar-refractivity contribution is 0.279. The van der Waals surface area contributed by atoms with Gasteiger partial charge in [-0.15, -0.1) is 0 Å². The average molecular weight is 183 g/mol. The lowest BCUT2D eigenvalue weighted by Crippen LogP contribution is -1.91. The summed E-state index contributed by atoms with van der Waals surface area (Å²) in [6.45, 7) is 0.0630. The number of hydrogen-bond acceptors (Lipinski definition) is 1. The number of aliphatic hydroxyl groups is 1. The first-order valence-electron chi connectivity index (χ1n) is 4.13. The fourth-order valence-electron chi connectivity index (χ4n) is 1.47. The van der Waals surface area contributed by atoms with Crippen molar-refractivity contribution in [1.82, 2.24) is 0 Å². The highest BCUT2D eigenvalue weighted by Crippen LogP contribution is 2.45. The molecule has 3 heteroatoms. The van der Waals surface area contributed by atoms with Gasteiger partial charge in [0.1, 0.15) is 11.6 Å². The van der Waals surface area contributed by atoms with Gasteiger partial charge in [-0.2, -0.15) is 0 Å². The maximum Gasteiger partial charge on any atom is 0.126 e. The van der Waals surface area contributed by atoms with Crippen molar-refractivity contribution in [3.8, 4) is 0 Å². The number of benzene rings is 1. The van der Waals surface area contributed by atoms with Crippen LogP contribution in [0.25, 0.3) is 0 Å². The third kappa shape index (κ3) is 1.70. The molecule has 1 nitrogen and oxygen atoms in total. The van der Waals surface area contributed by atoms with Gasteiger partial charge in [0.15, 0.2) is 0 Å². The number of halogens is 2. The Bertz CT molecular complexity index is 304. The summed E-state index contributed by atoms with van der Waals surface area (Å²) in [7, 11) is 0. The molecule has 13 heavy (non-hydrogen) atoms. The van der Waals surface area contributed by atoms with Gasteiger partial charge in [0, 0.05) is 18.6 Å². The van der Waals surface area contributed by atoms with Crippen LogP contribution >= 0.6 is 0 Å². The molecule has 0 amide bonds. The van der Waals surface area contributed by atoms with E-state index in [1.165, 1.54) is 12.1 Å². The van der Waals surface area contributed by atoms with E-state index >= 15 is 0 Å². The van der Waals surface area contributed by atoms with Gasteiger partial charge in [-0.25, -0.2) is 8.78 Å². The minimum Gasteiger partial charge on any atom is -0.396 e. The lowest BCUT2D eigenvalue weighted by Gasteiger charge is -1.99. The normalized spacial score (nSPS) is 21.9. The van der Waals surface area contributed by atoms with E-state index in [-0.39, 0.29) is 12.5 Å². The van der Waals surface area contributed by atoms with Gasteiger partial charge in [-0.3, -0.25) is 0 Å². The Labute approximate surface area is 75.0 Å². The zero-order valence-corrected chi connectivity index (χ0v) is 6.93. The topological polar surface area (TPSA) is 20.2 Å². The van der Waals surface area contributed by atoms with Crippen LogP contribution in [-0.4, -0.2) is 11.7 Å². The van der Waals surface area contributed by atoms with Crippen molar-refractivity contribution in [3.63, 3.8) is 0 Å². The second-order valence-electron chi connectivity index (χ2n) is 3.27. The molecule has 1 saturated carbocycles. The second kappa shape index (κ2) is 3.07. The molecule has 0 aliphatic heterocycles. The van der Waals surface area contributed by atoms with Gasteiger partial charge in [-0.1, -0.05) is 0 Å². The molecule has 0 saturated heterocycles. The third-order valence-corrected chi connectivity index (χ3v) is 2.25. The fourth-order valence-corrected chi connectivity index (χ4v) is 1.47. The first kappa shape index (κ1) is 8.63. The van der Waals surface area contributed by atoms with Crippen molar-refractivity contribution < 1.29 is 13.9 Å². The Morgan fingerprint density at radius 2 is 1.85 bits per heavy atom. The Morgan fingerprint density at radius 1 is 1.23 bits per heavy atom. The Balaban J connectivity index is 2.22. The van der Waals surface area contributed by atoms with Gasteiger partial charge in [-0.05, 0) is 30.0 Å². The number of rotatable bonds is 2. The van der Waals surface area contributed by atoms with Crippen LogP contribution in [0.15, 0.2) is 18.2 Å². The van der Waals surface area contributed by atoms with Crippen LogP contribution < -0.4 is 0 Å². The molecule has 1 aliphatic rings. The van der Waals surface area contributed by atoms with Gasteiger partial charge in [0.2, 0.25) is 0 Å². The molecule has 1 aliphatic carbocycles. The van der Waals surface area contributed by atoms with E-state index in [9.17, 15) is 8.78 Å². The molecule has 1 aromatic rings. The molecular formula is C10H9F2O. The van der Waals surface area contributed by atoms with Gasteiger partial charge in [0.25, 0.3) is 0 Å². The maximum atomic E-state index is 12.7. The SMILES string of the molecule is OCC1C[C]1c1cc(F)cc(F)c1. The van der Waals surface area contributed by atoms with Gasteiger partial charge < -0.3 is 5.11 Å². The zero-order valence-electron chi connectivity index (χ0n) is 6.93. The maximum absolute atomic E-state index is 12.7. The smallest absolute Gasteiger partial charge is 0.126 e. The predicted molar refractivity (Wildman–Crippen MR) is 43.9 cm³/mol. The van der Waals surface area contributed by atoms with Crippen LogP contribution in [0.3, 0.4) is 0 Å². The monoisotopic (exact) mass is 183 g/mol. The largest absolute Gasteiger partial charge is 0.396 e. The lowest BCUT2D eigenvalue weighted by atomic mass is 10.1. The molecule has 0 aromatic heterocycles. The average Bonchev–Trinajstić information content (AvgIpc) is 2.80. The highest BCUT2D eigenvalue weighted by molar-refractivity contribution is 5.40. The van der Waals surface area contributed by atoms with Crippen LogP contribution in [0.2, 0.25) is 0 Å². The van der Waals surface area contributed by atoms with E-state index in [1.54, 1.807) is 0 Å². The molecular weight excluding hydrogens is 174 g/mol. The second-order valence-corrected chi connectivity index (χ2v) is 3.27. The Hall–Kier alpha value is -0.960. The van der Waals surface area contributed by atoms with E-state index in [1.807, 2.05) is 0 Å². The molecule has 0 heterocycles. The van der Waals surface area contributed by atoms with E-state index in [4.69, 9.17) is 5.11 Å². The van der Waals surface area contributed by atoms with Crippen molar-refractivity contribution in [2.75, 3.05) is 6.61 Å². The van der Waals surface area contributed by atoms with E-state index in [0.717, 1.165) is 18.4 Å². The highest BCUT2D eigenvalue weighted by atomic mass is 19.1. The van der Waals surface area contributed by atoms with Crippen LogP contribution in [0.1, 0.15) is 12.0 Å². The summed E-state index contributed by atoms with van der Waals surface area (Å²) in [4.78, 5) is 0. The van der Waals surface area contributed by atoms with Crippen LogP contribution in [0.4, 0.5) is 8.78 Å². The summed E-state index contributed by atoms with van der Waals surface area (Å²) in [6.07, 6.45) is 0.749. The summed E-state index contributed by atoms with van der Waals surface area (Å²) < 4.78 is 25.5. The van der Waals surface area contributed by atoms with Gasteiger partial charge >= 0.3 is 0 Å². The summed E-state index contributed by atoms with van der Waals surface area (Å²) in [5.41, 5.74) is 0.580. The minimum atomic E-state index is -0.564. The van der Waals surface area contributed by atoms with Crippen LogP contribution in [0, 0.1) is 23.5 Å². The quantitative estimate of drug-likeness (QED) is 0.742. The van der Waals surface area contributed by atoms with Crippen molar-refractivity contribution in [1.29, 1.82) is 0 Å². The summed E-state index contributed by atoms with van der Waals surface area (Å²) >= 11 is 0. The van der Waals surface area contributed by atoms with Crippen molar-refractivity contribution in [2.45, 2.75) is 6.42 Å². The molecule has 2 rings (SSSR count). The summed E-state index contributed by atoms with van der Waals surface area (Å²) in [6, 6.07) is 3.45. The Kier molecular flexibility index (Phi) is 2.04. The molecule has 1 atom stereocenters. The van der Waals surface area contributed by atoms with Crippen molar-refractivity contribution in [2.24, 2.45) is 5.92 Å². The first-order chi connectivity index (χ1) is 6.20. The Morgan fingerprint density at radius 3 is 2.31 bits per heavy atom. The predicted octanol–water partition coefficient (Wildman–Crippen LogP) is 1.90. The number of hydrogen-bond donors (Lipinski definition) is 1. The van der Waals surface area contributed by atoms with E-state index in [2.05, 4.69) is 0 Å². The highest BCUT2D eigenvalue weighted by Gasteiger charge is 2.38. The van der Waals surface area contributed by atoms with Crippen molar-refractivity contribution in [3.05, 3.63) is 41.3 Å². The zero-order chi connectivity index (χ0) is 9.42. The molecule has 1 fully saturated rings. The molecule has 1 N–H and O–H groups in total. The molecule has 0 bridgehead atoms. The number of aliphatic hydroxyl groups excluding tert-OH is 1. The molecule has 0 spiro atoms. The summed E-state index contributed by atoms with van der Waals surface area (Å²) in [5, 5.41) is 8.77. The standard InChI is InChI=1S/C10H9F2O/c11-8-1-6(2-9(12)4-8)10-3-7(10)5-13/h1-2,4,7,13H,3,5H2. The molecule has 1 unspecified atom stereocenters. The third-order valence-electron chi connectivity index (χ3n) is 2.25. The molecule has 1 aromatic carbocycles. The minimum absolute atomic E-state index is 0.0630. The molecule has 1 radical (unpaired) electrons.